The van der Waals surface area contributed by atoms with Crippen LogP contribution in [0, 0.1) is 0 Å². The Morgan fingerprint density at radius 1 is 0.923 bits per heavy atom. The fraction of sp³-hybridized carbons (Fsp3) is 0. The molecule has 0 unspecified atom stereocenters. The van der Waals surface area contributed by atoms with Gasteiger partial charge in [0.15, 0.2) is 17.8 Å². The quantitative estimate of drug-likeness (QED) is 0.339. The Morgan fingerprint density at radius 2 is 1.38 bits per heavy atom. The van der Waals surface area contributed by atoms with Gasteiger partial charge in [-0.25, -0.2) is 0 Å². The van der Waals surface area contributed by atoms with Crippen LogP contribution in [0.4, 0.5) is 0 Å². The summed E-state index contributed by atoms with van der Waals surface area (Å²) in [5.74, 6) is -3.28. The highest BCUT2D eigenvalue weighted by Gasteiger charge is 2.20. The van der Waals surface area contributed by atoms with E-state index in [0.29, 0.717) is 0 Å². The normalized spacial score (nSPS) is 9.92. The molecule has 1 aromatic carbocycles. The van der Waals surface area contributed by atoms with Crippen LogP contribution >= 0.6 is 15.9 Å². The van der Waals surface area contributed by atoms with E-state index < -0.39 is 23.0 Å². The first-order chi connectivity index (χ1) is 6.00. The highest BCUT2D eigenvalue weighted by Crippen LogP contribution is 2.48. The van der Waals surface area contributed by atoms with E-state index in [1.165, 1.54) is 0 Å². The molecule has 0 atom stereocenters. The third-order valence-corrected chi connectivity index (χ3v) is 2.29. The third-order valence-electron chi connectivity index (χ3n) is 1.49. The number of phenols is 4. The van der Waals surface area contributed by atoms with Gasteiger partial charge < -0.3 is 20.4 Å². The first-order valence-corrected chi connectivity index (χ1v) is 3.90. The zero-order valence-corrected chi connectivity index (χ0v) is 7.74. The molecule has 5 nitrogen and oxygen atoms in total. The SMILES string of the molecule is O=Cc1c(O)c(O)c(O)c(O)c1Br. The van der Waals surface area contributed by atoms with Crippen molar-refractivity contribution in [2.45, 2.75) is 0 Å². The van der Waals surface area contributed by atoms with Crippen molar-refractivity contribution < 1.29 is 25.2 Å². The Labute approximate surface area is 81.0 Å². The number of aromatic hydroxyl groups is 4. The number of carbonyl (C=O) groups excluding carboxylic acids is 1. The molecule has 0 amide bonds. The van der Waals surface area contributed by atoms with Crippen molar-refractivity contribution in [2.24, 2.45) is 0 Å². The van der Waals surface area contributed by atoms with E-state index >= 15 is 0 Å². The molecule has 0 saturated carbocycles. The van der Waals surface area contributed by atoms with Gasteiger partial charge in [0.05, 0.1) is 10.0 Å². The minimum atomic E-state index is -0.928. The van der Waals surface area contributed by atoms with E-state index in [9.17, 15) is 4.79 Å². The van der Waals surface area contributed by atoms with Crippen LogP contribution < -0.4 is 0 Å². The summed E-state index contributed by atoms with van der Waals surface area (Å²) in [6.45, 7) is 0. The molecule has 0 aliphatic heterocycles. The lowest BCUT2D eigenvalue weighted by molar-refractivity contribution is 0.111. The maximum atomic E-state index is 10.4. The molecular weight excluding hydrogens is 244 g/mol. The van der Waals surface area contributed by atoms with Crippen LogP contribution in [0.2, 0.25) is 0 Å². The minimum Gasteiger partial charge on any atom is -0.504 e. The maximum absolute atomic E-state index is 10.4. The molecule has 0 aliphatic rings. The molecule has 70 valence electrons. The average Bonchev–Trinajstić information content (AvgIpc) is 2.13. The zero-order chi connectivity index (χ0) is 10.2. The Bertz CT molecular complexity index is 345. The van der Waals surface area contributed by atoms with Crippen LogP contribution in [0.3, 0.4) is 0 Å². The van der Waals surface area contributed by atoms with E-state index in [1.807, 2.05) is 0 Å². The third kappa shape index (κ3) is 1.29. The summed E-state index contributed by atoms with van der Waals surface area (Å²) in [5.41, 5.74) is -0.326. The molecule has 4 N–H and O–H groups in total. The largest absolute Gasteiger partial charge is 0.504 e. The van der Waals surface area contributed by atoms with Crippen molar-refractivity contribution in [3.63, 3.8) is 0 Å². The Kier molecular flexibility index (Phi) is 2.33. The van der Waals surface area contributed by atoms with Crippen LogP contribution in [-0.4, -0.2) is 26.7 Å². The molecule has 0 aliphatic carbocycles. The number of carbonyl (C=O) groups is 1. The van der Waals surface area contributed by atoms with Crippen molar-refractivity contribution in [3.05, 3.63) is 10.0 Å². The van der Waals surface area contributed by atoms with Gasteiger partial charge in [0.1, 0.15) is 0 Å². The summed E-state index contributed by atoms with van der Waals surface area (Å²) in [7, 11) is 0. The molecule has 0 spiro atoms. The second-order valence-electron chi connectivity index (χ2n) is 2.24. The van der Waals surface area contributed by atoms with Gasteiger partial charge in [-0.3, -0.25) is 4.79 Å². The number of aldehydes is 1. The smallest absolute Gasteiger partial charge is 0.205 e. The molecule has 1 aromatic rings. The van der Waals surface area contributed by atoms with Gasteiger partial charge in [-0.15, -0.1) is 0 Å². The first kappa shape index (κ1) is 9.66. The van der Waals surface area contributed by atoms with E-state index in [2.05, 4.69) is 15.9 Å². The minimum absolute atomic E-state index is 0.171. The summed E-state index contributed by atoms with van der Waals surface area (Å²) in [5, 5.41) is 36.2. The molecule has 0 bridgehead atoms. The number of hydrogen-bond donors (Lipinski definition) is 4. The lowest BCUT2D eigenvalue weighted by atomic mass is 10.2. The fourth-order valence-corrected chi connectivity index (χ4v) is 1.26. The fourth-order valence-electron chi connectivity index (χ4n) is 0.795. The number of rotatable bonds is 1. The van der Waals surface area contributed by atoms with Gasteiger partial charge in [0, 0.05) is 0 Å². The van der Waals surface area contributed by atoms with Gasteiger partial charge in [0.2, 0.25) is 11.5 Å². The summed E-state index contributed by atoms with van der Waals surface area (Å²) in [4.78, 5) is 10.4. The predicted octanol–water partition coefficient (Wildman–Crippen LogP) is 1.08. The molecule has 13 heavy (non-hydrogen) atoms. The number of benzene rings is 1. The number of halogens is 1. The maximum Gasteiger partial charge on any atom is 0.205 e. The lowest BCUT2D eigenvalue weighted by Crippen LogP contribution is -1.86. The van der Waals surface area contributed by atoms with E-state index in [0.717, 1.165) is 0 Å². The molecule has 1 rings (SSSR count). The van der Waals surface area contributed by atoms with Crippen molar-refractivity contribution in [1.29, 1.82) is 0 Å². The van der Waals surface area contributed by atoms with E-state index in [1.54, 1.807) is 0 Å². The highest BCUT2D eigenvalue weighted by atomic mass is 79.9. The summed E-state index contributed by atoms with van der Waals surface area (Å²) < 4.78 is -0.171. The number of phenolic OH excluding ortho intramolecular Hbond substituents is 4. The van der Waals surface area contributed by atoms with Gasteiger partial charge in [0.25, 0.3) is 0 Å². The van der Waals surface area contributed by atoms with Crippen molar-refractivity contribution >= 4 is 22.2 Å². The van der Waals surface area contributed by atoms with Gasteiger partial charge in [-0.05, 0) is 15.9 Å². The summed E-state index contributed by atoms with van der Waals surface area (Å²) >= 11 is 2.76. The second-order valence-corrected chi connectivity index (χ2v) is 3.03. The molecule has 0 heterocycles. The average molecular weight is 249 g/mol. The van der Waals surface area contributed by atoms with E-state index in [4.69, 9.17) is 20.4 Å². The Hall–Kier alpha value is -1.43. The molecule has 6 heteroatoms. The Balaban J connectivity index is 3.66. The highest BCUT2D eigenvalue weighted by molar-refractivity contribution is 9.10. The van der Waals surface area contributed by atoms with Crippen molar-refractivity contribution in [3.8, 4) is 23.0 Å². The monoisotopic (exact) mass is 248 g/mol. The van der Waals surface area contributed by atoms with Gasteiger partial charge in [-0.1, -0.05) is 0 Å². The van der Waals surface area contributed by atoms with Crippen LogP contribution in [0.5, 0.6) is 23.0 Å². The first-order valence-electron chi connectivity index (χ1n) is 3.11. The molecule has 0 radical (unpaired) electrons. The van der Waals surface area contributed by atoms with Crippen molar-refractivity contribution in [2.75, 3.05) is 0 Å². The van der Waals surface area contributed by atoms with Crippen LogP contribution in [0.15, 0.2) is 4.47 Å². The molecule has 0 fully saturated rings. The lowest BCUT2D eigenvalue weighted by Gasteiger charge is -2.07. The van der Waals surface area contributed by atoms with Crippen LogP contribution in [0.1, 0.15) is 10.4 Å². The standard InChI is InChI=1S/C7H5BrO5/c8-3-2(1-9)4(10)6(12)7(13)5(3)11/h1,10-13H. The molecular formula is C7H5BrO5. The Morgan fingerprint density at radius 3 is 1.85 bits per heavy atom. The number of hydrogen-bond acceptors (Lipinski definition) is 5. The van der Waals surface area contributed by atoms with Crippen LogP contribution in [0.25, 0.3) is 0 Å². The van der Waals surface area contributed by atoms with Crippen LogP contribution in [-0.2, 0) is 0 Å². The summed E-state index contributed by atoms with van der Waals surface area (Å²) in [6, 6.07) is 0. The van der Waals surface area contributed by atoms with Gasteiger partial charge in [-0.2, -0.15) is 0 Å². The zero-order valence-electron chi connectivity index (χ0n) is 6.15. The summed E-state index contributed by atoms with van der Waals surface area (Å²) in [6.07, 6.45) is 0.234. The van der Waals surface area contributed by atoms with Crippen molar-refractivity contribution in [1.82, 2.24) is 0 Å². The molecule has 0 aromatic heterocycles. The van der Waals surface area contributed by atoms with E-state index in [-0.39, 0.29) is 16.3 Å². The van der Waals surface area contributed by atoms with Gasteiger partial charge >= 0.3 is 0 Å². The predicted molar refractivity (Wildman–Crippen MR) is 46.2 cm³/mol. The molecule has 0 saturated heterocycles. The second kappa shape index (κ2) is 3.14. The topological polar surface area (TPSA) is 98.0 Å².